The summed E-state index contributed by atoms with van der Waals surface area (Å²) in [7, 11) is -3.95. The third kappa shape index (κ3) is 6.12. The molecule has 2 rings (SSSR count). The topological polar surface area (TPSA) is 41.7 Å². The van der Waals surface area contributed by atoms with Crippen LogP contribution in [0, 0.1) is 6.57 Å². The molecule has 0 aliphatic heterocycles. The molecule has 0 amide bonds. The number of halogens is 6. The maximum atomic E-state index is 13.1. The molecule has 0 fully saturated rings. The number of benzene rings is 2. The second-order valence-corrected chi connectivity index (χ2v) is 8.09. The molecule has 0 heterocycles. The number of nitrogens with zero attached hydrogens (tertiary/aromatic N) is 2. The predicted molar refractivity (Wildman–Crippen MR) is 94.5 cm³/mol. The number of sulfone groups is 1. The van der Waals surface area contributed by atoms with Crippen LogP contribution in [0.25, 0.3) is 4.85 Å². The Bertz CT molecular complexity index is 996. The minimum absolute atomic E-state index is 0.105. The Morgan fingerprint density at radius 3 is 2.10 bits per heavy atom. The van der Waals surface area contributed by atoms with E-state index in [1.54, 1.807) is 6.07 Å². The van der Waals surface area contributed by atoms with E-state index in [9.17, 15) is 34.8 Å². The monoisotopic (exact) mass is 436 g/mol. The lowest BCUT2D eigenvalue weighted by Crippen LogP contribution is -2.37. The fourth-order valence-corrected chi connectivity index (χ4v) is 3.81. The average molecular weight is 436 g/mol. The first-order valence-corrected chi connectivity index (χ1v) is 9.67. The van der Waals surface area contributed by atoms with Gasteiger partial charge in [0.2, 0.25) is 0 Å². The van der Waals surface area contributed by atoms with Crippen molar-refractivity contribution >= 4 is 21.2 Å². The van der Waals surface area contributed by atoms with Gasteiger partial charge in [-0.2, -0.15) is 26.3 Å². The fraction of sp³-hybridized carbons (Fsp3) is 0.278. The summed E-state index contributed by atoms with van der Waals surface area (Å²) in [6, 6.07) is 9.12. The lowest BCUT2D eigenvalue weighted by molar-refractivity contribution is -0.136. The van der Waals surface area contributed by atoms with Gasteiger partial charge in [0.15, 0.2) is 15.5 Å². The zero-order chi connectivity index (χ0) is 21.9. The van der Waals surface area contributed by atoms with Crippen LogP contribution in [0.1, 0.15) is 5.56 Å². The quantitative estimate of drug-likeness (QED) is 0.468. The van der Waals surface area contributed by atoms with E-state index in [1.165, 1.54) is 24.3 Å². The molecule has 0 radical (unpaired) electrons. The van der Waals surface area contributed by atoms with Crippen LogP contribution in [-0.2, 0) is 16.0 Å². The van der Waals surface area contributed by atoms with Crippen molar-refractivity contribution in [2.75, 3.05) is 23.7 Å². The molecule has 4 nitrogen and oxygen atoms in total. The van der Waals surface area contributed by atoms with Gasteiger partial charge in [-0.25, -0.2) is 13.3 Å². The molecule has 2 aromatic rings. The number of hydrogen-bond donors (Lipinski definition) is 0. The fourth-order valence-electron chi connectivity index (χ4n) is 2.54. The zero-order valence-electron chi connectivity index (χ0n) is 14.6. The van der Waals surface area contributed by atoms with Gasteiger partial charge >= 0.3 is 12.4 Å². The van der Waals surface area contributed by atoms with Crippen LogP contribution in [-0.4, -0.2) is 33.4 Å². The Morgan fingerprint density at radius 1 is 0.966 bits per heavy atom. The molecule has 0 saturated heterocycles. The van der Waals surface area contributed by atoms with Crippen LogP contribution in [0.2, 0.25) is 0 Å². The summed E-state index contributed by atoms with van der Waals surface area (Å²) in [5, 5.41) is 0. The third-order valence-corrected chi connectivity index (χ3v) is 5.58. The summed E-state index contributed by atoms with van der Waals surface area (Å²) in [4.78, 5) is 3.13. The molecule has 11 heteroatoms. The SMILES string of the molecule is [C-]#[N+]c1ccc(N(CCS(=O)(=O)c2ccccc2)CC(F)(F)F)cc1C(F)(F)F. The molecule has 0 aliphatic carbocycles. The summed E-state index contributed by atoms with van der Waals surface area (Å²) in [5.41, 5.74) is -2.63. The summed E-state index contributed by atoms with van der Waals surface area (Å²) >= 11 is 0. The summed E-state index contributed by atoms with van der Waals surface area (Å²) < 4.78 is 103. The second kappa shape index (κ2) is 8.32. The maximum Gasteiger partial charge on any atom is 0.407 e. The molecule has 156 valence electrons. The van der Waals surface area contributed by atoms with Gasteiger partial charge in [0.25, 0.3) is 0 Å². The van der Waals surface area contributed by atoms with E-state index in [2.05, 4.69) is 4.85 Å². The van der Waals surface area contributed by atoms with Gasteiger partial charge in [-0.1, -0.05) is 24.3 Å². The lowest BCUT2D eigenvalue weighted by Gasteiger charge is -2.27. The van der Waals surface area contributed by atoms with Gasteiger partial charge in [-0.15, -0.1) is 0 Å². The highest BCUT2D eigenvalue weighted by molar-refractivity contribution is 7.91. The number of anilines is 1. The van der Waals surface area contributed by atoms with Crippen LogP contribution < -0.4 is 4.90 Å². The summed E-state index contributed by atoms with van der Waals surface area (Å²) in [6.45, 7) is 4.46. The minimum Gasteiger partial charge on any atom is -0.362 e. The van der Waals surface area contributed by atoms with Crippen molar-refractivity contribution in [2.45, 2.75) is 17.2 Å². The van der Waals surface area contributed by atoms with E-state index in [4.69, 9.17) is 6.57 Å². The van der Waals surface area contributed by atoms with Crippen LogP contribution in [0.15, 0.2) is 53.4 Å². The molecular formula is C18H14F6N2O2S. The Labute approximate surface area is 163 Å². The molecular weight excluding hydrogens is 422 g/mol. The third-order valence-electron chi connectivity index (χ3n) is 3.87. The van der Waals surface area contributed by atoms with Crippen LogP contribution in [0.5, 0.6) is 0 Å². The molecule has 0 aromatic heterocycles. The standard InChI is InChI=1S/C18H14F6N2O2S/c1-25-16-8-7-13(11-15(16)18(22,23)24)26(12-17(19,20)21)9-10-29(27,28)14-5-3-2-4-6-14/h2-8,11H,9-10,12H2. The van der Waals surface area contributed by atoms with Gasteiger partial charge in [0.1, 0.15) is 6.54 Å². The molecule has 0 N–H and O–H groups in total. The Kier molecular flexibility index (Phi) is 6.47. The molecule has 0 bridgehead atoms. The van der Waals surface area contributed by atoms with Crippen molar-refractivity contribution in [1.82, 2.24) is 0 Å². The van der Waals surface area contributed by atoms with Crippen molar-refractivity contribution in [1.29, 1.82) is 0 Å². The molecule has 0 spiro atoms. The molecule has 0 unspecified atom stereocenters. The number of alkyl halides is 6. The number of hydrogen-bond acceptors (Lipinski definition) is 3. The van der Waals surface area contributed by atoms with Crippen molar-refractivity contribution < 1.29 is 34.8 Å². The smallest absolute Gasteiger partial charge is 0.362 e. The predicted octanol–water partition coefficient (Wildman–Crippen LogP) is 5.10. The molecule has 29 heavy (non-hydrogen) atoms. The van der Waals surface area contributed by atoms with Crippen LogP contribution in [0.3, 0.4) is 0 Å². The minimum atomic E-state index is -4.95. The van der Waals surface area contributed by atoms with Crippen molar-refractivity contribution in [3.63, 3.8) is 0 Å². The van der Waals surface area contributed by atoms with E-state index < -0.39 is 58.0 Å². The Balaban J connectivity index is 2.38. The molecule has 2 aromatic carbocycles. The van der Waals surface area contributed by atoms with Gasteiger partial charge in [-0.05, 0) is 24.3 Å². The second-order valence-electron chi connectivity index (χ2n) is 5.98. The highest BCUT2D eigenvalue weighted by Crippen LogP contribution is 2.39. The average Bonchev–Trinajstić information content (AvgIpc) is 2.64. The zero-order valence-corrected chi connectivity index (χ0v) is 15.4. The Hall–Kier alpha value is -2.74. The van der Waals surface area contributed by atoms with Crippen LogP contribution in [0.4, 0.5) is 37.7 Å². The van der Waals surface area contributed by atoms with E-state index in [1.807, 2.05) is 0 Å². The highest BCUT2D eigenvalue weighted by Gasteiger charge is 2.36. The summed E-state index contributed by atoms with van der Waals surface area (Å²) in [5.74, 6) is -0.737. The van der Waals surface area contributed by atoms with Crippen molar-refractivity contribution in [2.24, 2.45) is 0 Å². The normalized spacial score (nSPS) is 12.4. The van der Waals surface area contributed by atoms with E-state index in [0.717, 1.165) is 12.1 Å². The van der Waals surface area contributed by atoms with Gasteiger partial charge in [-0.3, -0.25) is 0 Å². The van der Waals surface area contributed by atoms with Gasteiger partial charge < -0.3 is 4.90 Å². The van der Waals surface area contributed by atoms with E-state index >= 15 is 0 Å². The highest BCUT2D eigenvalue weighted by atomic mass is 32.2. The number of rotatable bonds is 6. The van der Waals surface area contributed by atoms with Gasteiger partial charge in [0, 0.05) is 12.2 Å². The van der Waals surface area contributed by atoms with Crippen molar-refractivity contribution in [3.05, 3.63) is 65.5 Å². The lowest BCUT2D eigenvalue weighted by atomic mass is 10.1. The van der Waals surface area contributed by atoms with Gasteiger partial charge in [0.05, 0.1) is 22.8 Å². The molecule has 0 aliphatic rings. The van der Waals surface area contributed by atoms with E-state index in [0.29, 0.717) is 11.0 Å². The molecule has 0 saturated carbocycles. The maximum absolute atomic E-state index is 13.1. The Morgan fingerprint density at radius 2 is 1.59 bits per heavy atom. The van der Waals surface area contributed by atoms with E-state index in [-0.39, 0.29) is 4.90 Å². The first-order valence-electron chi connectivity index (χ1n) is 8.02. The largest absolute Gasteiger partial charge is 0.407 e. The van der Waals surface area contributed by atoms with Crippen molar-refractivity contribution in [3.8, 4) is 0 Å². The molecule has 0 atom stereocenters. The van der Waals surface area contributed by atoms with Crippen LogP contribution >= 0.6 is 0 Å². The summed E-state index contributed by atoms with van der Waals surface area (Å²) in [6.07, 6.45) is -9.73. The first-order chi connectivity index (χ1) is 13.3. The first kappa shape index (κ1) is 22.5.